The van der Waals surface area contributed by atoms with Gasteiger partial charge in [0, 0.05) is 5.41 Å². The van der Waals surface area contributed by atoms with Crippen molar-refractivity contribution in [1.82, 2.24) is 0 Å². The maximum absolute atomic E-state index is 12.2. The second kappa shape index (κ2) is 8.78. The van der Waals surface area contributed by atoms with Crippen LogP contribution >= 0.6 is 0 Å². The van der Waals surface area contributed by atoms with Crippen LogP contribution in [0.1, 0.15) is 58.3 Å². The van der Waals surface area contributed by atoms with E-state index < -0.39 is 0 Å². The van der Waals surface area contributed by atoms with Gasteiger partial charge in [0.05, 0.1) is 12.7 Å². The number of methoxy groups -OCH3 is 1. The van der Waals surface area contributed by atoms with Crippen LogP contribution in [0.4, 0.5) is 0 Å². The molecular weight excluding hydrogens is 392 g/mol. The summed E-state index contributed by atoms with van der Waals surface area (Å²) in [7, 11) is 1.46. The molecule has 2 atom stereocenters. The third-order valence-corrected chi connectivity index (χ3v) is 7.53. The van der Waals surface area contributed by atoms with Gasteiger partial charge in [0.1, 0.15) is 0 Å². The molecule has 2 heteroatoms. The molecule has 0 aliphatic heterocycles. The van der Waals surface area contributed by atoms with Crippen molar-refractivity contribution in [2.45, 2.75) is 43.9 Å². The zero-order valence-corrected chi connectivity index (χ0v) is 18.7. The third-order valence-electron chi connectivity index (χ3n) is 7.53. The van der Waals surface area contributed by atoms with Crippen molar-refractivity contribution in [3.8, 4) is 0 Å². The molecule has 0 N–H and O–H groups in total. The molecular formula is C30H30O2. The number of benzene rings is 3. The van der Waals surface area contributed by atoms with E-state index >= 15 is 0 Å². The van der Waals surface area contributed by atoms with Crippen molar-refractivity contribution in [2.75, 3.05) is 7.11 Å². The van der Waals surface area contributed by atoms with E-state index in [1.807, 2.05) is 6.07 Å². The molecule has 5 rings (SSSR count). The topological polar surface area (TPSA) is 26.3 Å². The van der Waals surface area contributed by atoms with Gasteiger partial charge in [0.2, 0.25) is 0 Å². The predicted octanol–water partition coefficient (Wildman–Crippen LogP) is 6.78. The van der Waals surface area contributed by atoms with Gasteiger partial charge in [-0.1, -0.05) is 72.8 Å². The molecule has 0 unspecified atom stereocenters. The number of ether oxygens (including phenoxy) is 1. The molecule has 0 heterocycles. The molecule has 0 spiro atoms. The van der Waals surface area contributed by atoms with E-state index in [1.165, 1.54) is 41.4 Å². The molecule has 0 bridgehead atoms. The fraction of sp³-hybridized carbons (Fsp3) is 0.300. The Morgan fingerprint density at radius 2 is 1.75 bits per heavy atom. The van der Waals surface area contributed by atoms with E-state index in [1.54, 1.807) is 0 Å². The summed E-state index contributed by atoms with van der Waals surface area (Å²) in [6.07, 6.45) is 9.03. The van der Waals surface area contributed by atoms with Crippen LogP contribution in [0.15, 0.2) is 84.9 Å². The number of carbonyl (C=O) groups is 1. The molecule has 0 aromatic heterocycles. The van der Waals surface area contributed by atoms with Gasteiger partial charge in [0.25, 0.3) is 0 Å². The number of allylic oxidation sites excluding steroid dienone is 2. The summed E-state index contributed by atoms with van der Waals surface area (Å²) >= 11 is 0. The largest absolute Gasteiger partial charge is 0.465 e. The van der Waals surface area contributed by atoms with Crippen molar-refractivity contribution in [1.29, 1.82) is 0 Å². The Morgan fingerprint density at radius 1 is 1.00 bits per heavy atom. The Labute approximate surface area is 190 Å². The van der Waals surface area contributed by atoms with Crippen molar-refractivity contribution in [2.24, 2.45) is 5.92 Å². The molecule has 2 nitrogen and oxygen atoms in total. The summed E-state index contributed by atoms with van der Waals surface area (Å²) in [6, 6.07) is 28.0. The van der Waals surface area contributed by atoms with Crippen LogP contribution in [0.25, 0.3) is 5.57 Å². The fourth-order valence-electron chi connectivity index (χ4n) is 5.95. The minimum Gasteiger partial charge on any atom is -0.465 e. The average Bonchev–Trinajstić information content (AvgIpc) is 3.00. The Morgan fingerprint density at radius 3 is 2.50 bits per heavy atom. The molecule has 0 radical (unpaired) electrons. The summed E-state index contributed by atoms with van der Waals surface area (Å²) in [5, 5.41) is 0. The van der Waals surface area contributed by atoms with Crippen LogP contribution in [0.2, 0.25) is 0 Å². The molecule has 3 aromatic carbocycles. The number of esters is 1. The lowest BCUT2D eigenvalue weighted by atomic mass is 9.59. The smallest absolute Gasteiger partial charge is 0.337 e. The molecule has 0 amide bonds. The number of carbonyl (C=O) groups excluding carboxylic acids is 1. The highest BCUT2D eigenvalue weighted by Gasteiger charge is 2.44. The first kappa shape index (κ1) is 20.8. The summed E-state index contributed by atoms with van der Waals surface area (Å²) in [4.78, 5) is 12.2. The Bertz CT molecular complexity index is 1130. The minimum atomic E-state index is -0.249. The van der Waals surface area contributed by atoms with E-state index in [4.69, 9.17) is 4.74 Å². The molecule has 32 heavy (non-hydrogen) atoms. The van der Waals surface area contributed by atoms with Crippen LogP contribution in [-0.2, 0) is 23.0 Å². The maximum Gasteiger partial charge on any atom is 0.337 e. The van der Waals surface area contributed by atoms with Gasteiger partial charge in [-0.05, 0) is 84.4 Å². The van der Waals surface area contributed by atoms with Gasteiger partial charge < -0.3 is 4.74 Å². The van der Waals surface area contributed by atoms with Crippen molar-refractivity contribution < 1.29 is 9.53 Å². The molecule has 0 fully saturated rings. The Balaban J connectivity index is 1.62. The summed E-state index contributed by atoms with van der Waals surface area (Å²) in [5.74, 6) is 0.328. The fourth-order valence-corrected chi connectivity index (χ4v) is 5.95. The van der Waals surface area contributed by atoms with Gasteiger partial charge in [-0.25, -0.2) is 4.79 Å². The standard InChI is InChI=1S/C30H30O2/c1-32-29(31)26-15-16-28-25(19-26)13-8-14-27-20-24(23-11-6-3-7-12-23)17-18-30(27,28)21-22-9-4-2-5-10-22/h2-7,9-12,15-17,19,27H,8,13-14,18,20-21H2,1H3/t27-,30-/m1/s1. The lowest BCUT2D eigenvalue weighted by Crippen LogP contribution is -2.39. The summed E-state index contributed by atoms with van der Waals surface area (Å²) < 4.78 is 5.00. The highest BCUT2D eigenvalue weighted by Crippen LogP contribution is 2.52. The third kappa shape index (κ3) is 3.79. The number of aryl methyl sites for hydroxylation is 1. The molecule has 162 valence electrons. The average molecular weight is 423 g/mol. The van der Waals surface area contributed by atoms with Crippen LogP contribution < -0.4 is 0 Å². The lowest BCUT2D eigenvalue weighted by molar-refractivity contribution is 0.0600. The van der Waals surface area contributed by atoms with Gasteiger partial charge in [-0.15, -0.1) is 0 Å². The summed E-state index contributed by atoms with van der Waals surface area (Å²) in [5.41, 5.74) is 7.69. The van der Waals surface area contributed by atoms with Gasteiger partial charge in [-0.2, -0.15) is 0 Å². The number of rotatable bonds is 4. The molecule has 3 aromatic rings. The van der Waals surface area contributed by atoms with Crippen molar-refractivity contribution in [3.05, 3.63) is 113 Å². The van der Waals surface area contributed by atoms with E-state index in [9.17, 15) is 4.79 Å². The molecule has 0 saturated carbocycles. The Kier molecular flexibility index (Phi) is 5.70. The van der Waals surface area contributed by atoms with E-state index in [2.05, 4.69) is 78.9 Å². The second-order valence-electron chi connectivity index (χ2n) is 9.27. The van der Waals surface area contributed by atoms with Gasteiger partial charge >= 0.3 is 5.97 Å². The molecule has 2 aliphatic rings. The molecule has 0 saturated heterocycles. The first-order valence-electron chi connectivity index (χ1n) is 11.7. The summed E-state index contributed by atoms with van der Waals surface area (Å²) in [6.45, 7) is 0. The minimum absolute atomic E-state index is 0.0557. The van der Waals surface area contributed by atoms with Gasteiger partial charge in [0.15, 0.2) is 0 Å². The van der Waals surface area contributed by atoms with Crippen LogP contribution in [0, 0.1) is 5.92 Å². The predicted molar refractivity (Wildman–Crippen MR) is 130 cm³/mol. The first-order chi connectivity index (χ1) is 15.7. The highest BCUT2D eigenvalue weighted by atomic mass is 16.5. The van der Waals surface area contributed by atoms with Crippen molar-refractivity contribution in [3.63, 3.8) is 0 Å². The SMILES string of the molecule is COC(=O)c1ccc2c(c1)CCC[C@@H]1CC(c3ccccc3)=CC[C@]21Cc1ccccc1. The number of hydrogen-bond acceptors (Lipinski definition) is 2. The highest BCUT2D eigenvalue weighted by molar-refractivity contribution is 5.89. The maximum atomic E-state index is 12.2. The molecule has 2 aliphatic carbocycles. The normalized spacial score (nSPS) is 22.2. The number of hydrogen-bond donors (Lipinski definition) is 0. The van der Waals surface area contributed by atoms with E-state index in [0.717, 1.165) is 32.1 Å². The first-order valence-corrected chi connectivity index (χ1v) is 11.7. The van der Waals surface area contributed by atoms with Crippen LogP contribution in [0.3, 0.4) is 0 Å². The van der Waals surface area contributed by atoms with Crippen molar-refractivity contribution >= 4 is 11.5 Å². The van der Waals surface area contributed by atoms with E-state index in [0.29, 0.717) is 11.5 Å². The van der Waals surface area contributed by atoms with E-state index in [-0.39, 0.29) is 11.4 Å². The Hall–Kier alpha value is -3.13. The zero-order valence-electron chi connectivity index (χ0n) is 18.7. The van der Waals surface area contributed by atoms with Crippen LogP contribution in [-0.4, -0.2) is 13.1 Å². The monoisotopic (exact) mass is 422 g/mol. The second-order valence-corrected chi connectivity index (χ2v) is 9.27. The van der Waals surface area contributed by atoms with Gasteiger partial charge in [-0.3, -0.25) is 0 Å². The lowest BCUT2D eigenvalue weighted by Gasteiger charge is -2.44. The quantitative estimate of drug-likeness (QED) is 0.433. The number of fused-ring (bicyclic) bond motifs is 3. The zero-order chi connectivity index (χ0) is 22.0. The van der Waals surface area contributed by atoms with Crippen LogP contribution in [0.5, 0.6) is 0 Å².